The third kappa shape index (κ3) is 6.46. The van der Waals surface area contributed by atoms with Crippen molar-refractivity contribution >= 4 is 67.5 Å². The van der Waals surface area contributed by atoms with Gasteiger partial charge in [0.2, 0.25) is 10.9 Å². The number of fused-ring (bicyclic) bond motifs is 1. The van der Waals surface area contributed by atoms with Gasteiger partial charge in [-0.05, 0) is 65.4 Å². The van der Waals surface area contributed by atoms with E-state index in [0.29, 0.717) is 28.2 Å². The molecule has 11 nitrogen and oxygen atoms in total. The number of alkyl halides is 3. The van der Waals surface area contributed by atoms with Gasteiger partial charge in [-0.1, -0.05) is 23.7 Å². The van der Waals surface area contributed by atoms with Crippen LogP contribution < -0.4 is 4.72 Å². The Bertz CT molecular complexity index is 1920. The van der Waals surface area contributed by atoms with Crippen molar-refractivity contribution in [2.45, 2.75) is 17.8 Å². The quantitative estimate of drug-likeness (QED) is 0.236. The first-order chi connectivity index (χ1) is 20.2. The van der Waals surface area contributed by atoms with Crippen LogP contribution in [0.2, 0.25) is 5.02 Å². The minimum Gasteiger partial charge on any atom is -0.475 e. The molecule has 1 aliphatic heterocycles. The van der Waals surface area contributed by atoms with Crippen LogP contribution in [-0.2, 0) is 27.5 Å². The average molecular weight is 655 g/mol. The van der Waals surface area contributed by atoms with Gasteiger partial charge in [0, 0.05) is 23.5 Å². The van der Waals surface area contributed by atoms with Crippen LogP contribution in [0.4, 0.5) is 18.0 Å². The molecule has 1 saturated heterocycles. The number of amides is 2. The number of nitrogens with one attached hydrogen (secondary N) is 1. The van der Waals surface area contributed by atoms with Gasteiger partial charge in [0.1, 0.15) is 0 Å². The molecule has 224 valence electrons. The largest absolute Gasteiger partial charge is 0.475 e. The fraction of sp³-hybridized carbons (Fsp3) is 0.154. The van der Waals surface area contributed by atoms with E-state index in [9.17, 15) is 36.0 Å². The maximum absolute atomic E-state index is 13.5. The van der Waals surface area contributed by atoms with E-state index in [1.54, 1.807) is 18.2 Å². The molecule has 43 heavy (non-hydrogen) atoms. The number of nitrogens with zero attached hydrogens (tertiary/aromatic N) is 3. The predicted octanol–water partition coefficient (Wildman–Crippen LogP) is 5.06. The number of furan rings is 1. The Labute approximate surface area is 249 Å². The van der Waals surface area contributed by atoms with Crippen molar-refractivity contribution in [3.05, 3.63) is 87.1 Å². The van der Waals surface area contributed by atoms with E-state index >= 15 is 0 Å². The van der Waals surface area contributed by atoms with Crippen molar-refractivity contribution in [2.75, 3.05) is 13.1 Å². The maximum atomic E-state index is 13.5. The van der Waals surface area contributed by atoms with E-state index in [2.05, 4.69) is 9.82 Å². The van der Waals surface area contributed by atoms with Crippen molar-refractivity contribution in [1.29, 1.82) is 0 Å². The molecule has 3 heterocycles. The zero-order chi connectivity index (χ0) is 31.1. The highest BCUT2D eigenvalue weighted by atomic mass is 35.5. The van der Waals surface area contributed by atoms with Gasteiger partial charge >= 0.3 is 12.1 Å². The van der Waals surface area contributed by atoms with Gasteiger partial charge in [0.15, 0.2) is 0 Å². The first kappa shape index (κ1) is 30.3. The number of carbonyl (C=O) groups excluding carboxylic acids is 2. The number of sulfonamides is 1. The first-order valence-corrected chi connectivity index (χ1v) is 14.8. The molecule has 0 radical (unpaired) electrons. The molecular weight excluding hydrogens is 637 g/mol. The molecule has 0 aliphatic carbocycles. The molecule has 0 spiro atoms. The molecule has 2 aromatic carbocycles. The van der Waals surface area contributed by atoms with Crippen molar-refractivity contribution in [1.82, 2.24) is 19.4 Å². The number of hydrogen-bond donors (Lipinski definition) is 2. The number of benzene rings is 2. The Morgan fingerprint density at radius 3 is 2.60 bits per heavy atom. The summed E-state index contributed by atoms with van der Waals surface area (Å²) in [4.78, 5) is 37.2. The third-order valence-electron chi connectivity index (χ3n) is 6.22. The second-order valence-electron chi connectivity index (χ2n) is 9.07. The second kappa shape index (κ2) is 11.5. The number of carboxylic acids is 1. The molecule has 0 unspecified atom stereocenters. The number of carbonyl (C=O) groups is 3. The molecule has 5 rings (SSSR count). The average Bonchev–Trinajstić information content (AvgIpc) is 3.64. The lowest BCUT2D eigenvalue weighted by Crippen LogP contribution is -2.37. The number of aromatic carboxylic acids is 1. The highest BCUT2D eigenvalue weighted by Gasteiger charge is 2.35. The summed E-state index contributed by atoms with van der Waals surface area (Å²) in [6.45, 7) is -0.826. The minimum atomic E-state index is -4.60. The molecular formula is C26H18ClF3N4O7S2. The van der Waals surface area contributed by atoms with Crippen LogP contribution in [0.15, 0.2) is 69.1 Å². The third-order valence-corrected chi connectivity index (χ3v) is 8.69. The lowest BCUT2D eigenvalue weighted by Gasteiger charge is -2.14. The molecule has 0 atom stereocenters. The summed E-state index contributed by atoms with van der Waals surface area (Å²) in [6, 6.07) is 10.4. The van der Waals surface area contributed by atoms with Gasteiger partial charge in [-0.25, -0.2) is 17.9 Å². The van der Waals surface area contributed by atoms with E-state index < -0.39 is 49.7 Å². The monoisotopic (exact) mass is 654 g/mol. The summed E-state index contributed by atoms with van der Waals surface area (Å²) >= 11 is 6.42. The summed E-state index contributed by atoms with van der Waals surface area (Å²) in [5.74, 6) is -2.67. The number of carboxylic acid groups (broad SMARTS) is 1. The molecule has 17 heteroatoms. The molecule has 1 aliphatic rings. The SMILES string of the molecule is O=C(O)c1ccc(S(=O)(=O)NCCN2C(=O)SC(=Cc3ccc4c(cnn4Cc4ccc(Cl)cc4C(F)(F)F)c3)C2=O)o1. The van der Waals surface area contributed by atoms with Gasteiger partial charge in [-0.3, -0.25) is 19.2 Å². The van der Waals surface area contributed by atoms with Crippen molar-refractivity contribution in [3.8, 4) is 0 Å². The molecule has 1 fully saturated rings. The van der Waals surface area contributed by atoms with Crippen LogP contribution in [0.3, 0.4) is 0 Å². The van der Waals surface area contributed by atoms with Gasteiger partial charge in [-0.15, -0.1) is 0 Å². The van der Waals surface area contributed by atoms with Crippen LogP contribution >= 0.6 is 23.4 Å². The van der Waals surface area contributed by atoms with Crippen molar-refractivity contribution in [2.24, 2.45) is 0 Å². The molecule has 2 N–H and O–H groups in total. The summed E-state index contributed by atoms with van der Waals surface area (Å²) in [6.07, 6.45) is -1.68. The fourth-order valence-electron chi connectivity index (χ4n) is 4.22. The number of hydrogen-bond acceptors (Lipinski definition) is 8. The summed E-state index contributed by atoms with van der Waals surface area (Å²) in [5.41, 5.74) is 0.175. The normalized spacial score (nSPS) is 15.3. The number of halogens is 4. The van der Waals surface area contributed by atoms with E-state index in [-0.39, 0.29) is 35.1 Å². The zero-order valence-electron chi connectivity index (χ0n) is 21.5. The molecule has 0 bridgehead atoms. The maximum Gasteiger partial charge on any atom is 0.416 e. The fourth-order valence-corrected chi connectivity index (χ4v) is 6.21. The lowest BCUT2D eigenvalue weighted by atomic mass is 10.1. The highest BCUT2D eigenvalue weighted by molar-refractivity contribution is 8.18. The van der Waals surface area contributed by atoms with E-state index in [0.717, 1.165) is 23.1 Å². The van der Waals surface area contributed by atoms with Crippen LogP contribution in [0, 0.1) is 0 Å². The zero-order valence-corrected chi connectivity index (χ0v) is 23.9. The predicted molar refractivity (Wildman–Crippen MR) is 149 cm³/mol. The molecule has 4 aromatic rings. The molecule has 0 saturated carbocycles. The summed E-state index contributed by atoms with van der Waals surface area (Å²) in [5, 5.41) is 12.4. The van der Waals surface area contributed by atoms with Gasteiger partial charge in [0.05, 0.1) is 28.7 Å². The van der Waals surface area contributed by atoms with Gasteiger partial charge in [-0.2, -0.15) is 18.3 Å². The Morgan fingerprint density at radius 1 is 1.14 bits per heavy atom. The summed E-state index contributed by atoms with van der Waals surface area (Å²) in [7, 11) is -4.23. The van der Waals surface area contributed by atoms with Gasteiger partial charge in [0.25, 0.3) is 21.2 Å². The Kier molecular flexibility index (Phi) is 8.13. The number of thioether (sulfide) groups is 1. The van der Waals surface area contributed by atoms with E-state index in [1.807, 2.05) is 0 Å². The number of rotatable bonds is 9. The first-order valence-electron chi connectivity index (χ1n) is 12.1. The standard InChI is InChI=1S/C26H18ClF3N4O7S2/c27-17-3-2-15(18(11-17)26(28,29)30)13-34-19-4-1-14(9-16(19)12-31-34)10-21-23(35)33(25(38)42-21)8-7-32-43(39,40)22-6-5-20(41-22)24(36)37/h1-6,9-12,32H,7-8,13H2,(H,36,37). The Morgan fingerprint density at radius 2 is 1.91 bits per heavy atom. The van der Waals surface area contributed by atoms with Crippen LogP contribution in [0.25, 0.3) is 17.0 Å². The van der Waals surface area contributed by atoms with Gasteiger partial charge < -0.3 is 9.52 Å². The Hall–Kier alpha value is -4.12. The topological polar surface area (TPSA) is 152 Å². The smallest absolute Gasteiger partial charge is 0.416 e. The summed E-state index contributed by atoms with van der Waals surface area (Å²) < 4.78 is 73.5. The van der Waals surface area contributed by atoms with Crippen LogP contribution in [0.5, 0.6) is 0 Å². The number of aromatic nitrogens is 2. The molecule has 2 amide bonds. The lowest BCUT2D eigenvalue weighted by molar-refractivity contribution is -0.138. The van der Waals surface area contributed by atoms with E-state index in [1.165, 1.54) is 29.1 Å². The van der Waals surface area contributed by atoms with Crippen molar-refractivity contribution in [3.63, 3.8) is 0 Å². The minimum absolute atomic E-state index is 0.0175. The molecule has 2 aromatic heterocycles. The van der Waals surface area contributed by atoms with E-state index in [4.69, 9.17) is 21.1 Å². The highest BCUT2D eigenvalue weighted by Crippen LogP contribution is 2.35. The number of imide groups is 1. The van der Waals surface area contributed by atoms with Crippen LogP contribution in [0.1, 0.15) is 27.2 Å². The van der Waals surface area contributed by atoms with Crippen LogP contribution in [-0.4, -0.2) is 58.4 Å². The second-order valence-corrected chi connectivity index (χ2v) is 12.2. The Balaban J connectivity index is 1.27. The van der Waals surface area contributed by atoms with Crippen molar-refractivity contribution < 1.29 is 45.5 Å².